The summed E-state index contributed by atoms with van der Waals surface area (Å²) in [6.07, 6.45) is 22.2. The van der Waals surface area contributed by atoms with Gasteiger partial charge in [0.1, 0.15) is 29.5 Å². The van der Waals surface area contributed by atoms with Gasteiger partial charge in [-0.1, -0.05) is 31.2 Å². The summed E-state index contributed by atoms with van der Waals surface area (Å²) in [5.74, 6) is 3.26. The van der Waals surface area contributed by atoms with Gasteiger partial charge in [0, 0.05) is 82.2 Å². The van der Waals surface area contributed by atoms with E-state index >= 15 is 0 Å². The quantitative estimate of drug-likeness (QED) is 0.0897. The van der Waals surface area contributed by atoms with Gasteiger partial charge in [0.25, 0.3) is 0 Å². The van der Waals surface area contributed by atoms with E-state index in [4.69, 9.17) is 19.4 Å². The lowest BCUT2D eigenvalue weighted by Crippen LogP contribution is -2.17. The Morgan fingerprint density at radius 3 is 1.44 bits per heavy atom. The first kappa shape index (κ1) is 46.0. The lowest BCUT2D eigenvalue weighted by molar-refractivity contribution is -0.142. The minimum Gasteiger partial charge on any atom is -0.486 e. The number of Topliss-reactive ketones (excluding diaryl/α,β-unsaturated/α-hetero) is 1. The molecule has 0 spiro atoms. The van der Waals surface area contributed by atoms with E-state index in [1.54, 1.807) is 55.6 Å². The zero-order valence-electron chi connectivity index (χ0n) is 38.4. The summed E-state index contributed by atoms with van der Waals surface area (Å²) in [7, 11) is 1.33. The van der Waals surface area contributed by atoms with Crippen molar-refractivity contribution in [1.82, 2.24) is 49.8 Å². The number of hydrogen-bond donors (Lipinski definition) is 0. The molecule has 2 aliphatic rings. The van der Waals surface area contributed by atoms with Gasteiger partial charge in [-0.3, -0.25) is 14.8 Å². The Hall–Kier alpha value is -9.12. The Morgan fingerprint density at radius 1 is 0.514 bits per heavy atom. The van der Waals surface area contributed by atoms with E-state index in [2.05, 4.69) is 54.4 Å². The number of ether oxygens (including phenoxy) is 3. The van der Waals surface area contributed by atoms with Gasteiger partial charge >= 0.3 is 5.97 Å². The predicted molar refractivity (Wildman–Crippen MR) is 263 cm³/mol. The molecule has 0 fully saturated rings. The van der Waals surface area contributed by atoms with Gasteiger partial charge in [0.15, 0.2) is 24.0 Å². The third kappa shape index (κ3) is 11.9. The van der Waals surface area contributed by atoms with Crippen molar-refractivity contribution in [1.29, 1.82) is 0 Å². The van der Waals surface area contributed by atoms with Gasteiger partial charge < -0.3 is 24.0 Å². The molecule has 70 heavy (non-hydrogen) atoms. The molecule has 0 radical (unpaired) electrons. The molecule has 0 saturated heterocycles. The summed E-state index contributed by atoms with van der Waals surface area (Å²) < 4.78 is 15.8. The van der Waals surface area contributed by atoms with Crippen LogP contribution in [0.2, 0.25) is 0 Å². The highest BCUT2D eigenvalue weighted by molar-refractivity contribution is 5.79. The average Bonchev–Trinajstić information content (AvgIpc) is 4.06. The molecule has 8 aromatic rings. The molecule has 0 amide bonds. The van der Waals surface area contributed by atoms with Gasteiger partial charge in [-0.15, -0.1) is 0 Å². The Morgan fingerprint density at radius 2 is 0.971 bits per heavy atom. The Balaban J connectivity index is 0.000000174. The van der Waals surface area contributed by atoms with Crippen molar-refractivity contribution in [3.63, 3.8) is 0 Å². The van der Waals surface area contributed by atoms with Crippen LogP contribution in [0.15, 0.2) is 135 Å². The van der Waals surface area contributed by atoms with Crippen LogP contribution in [0.4, 0.5) is 11.9 Å². The first-order chi connectivity index (χ1) is 34.3. The summed E-state index contributed by atoms with van der Waals surface area (Å²) in [5.41, 5.74) is 9.53. The fraction of sp³-hybridized carbons (Fsp3) is 0.170. The van der Waals surface area contributed by atoms with Gasteiger partial charge in [-0.2, -0.15) is 0 Å². The van der Waals surface area contributed by atoms with Crippen LogP contribution >= 0.6 is 0 Å². The SMILES string of the molecule is CCC(=O)COc1ccc2c(c1)CN(c1nccc(-c3nccc(/C=C/c4ccncc4)n3)n1)C2.COC(=O)COc1ccc2c(c1)CN(c1nccc(-c3nccc(/C=C/c4ccncc4)n3)n1)C2. The number of aromatic nitrogens is 10. The maximum absolute atomic E-state index is 11.6. The molecule has 0 aliphatic carbocycles. The van der Waals surface area contributed by atoms with Crippen LogP contribution in [-0.4, -0.2) is 81.9 Å². The van der Waals surface area contributed by atoms with Crippen LogP contribution in [0.5, 0.6) is 11.5 Å². The second kappa shape index (κ2) is 22.1. The van der Waals surface area contributed by atoms with Crippen LogP contribution < -0.4 is 19.3 Å². The largest absolute Gasteiger partial charge is 0.486 e. The van der Waals surface area contributed by atoms with E-state index in [9.17, 15) is 9.59 Å². The third-order valence-corrected chi connectivity index (χ3v) is 11.1. The first-order valence-corrected chi connectivity index (χ1v) is 22.4. The normalized spacial score (nSPS) is 12.6. The van der Waals surface area contributed by atoms with Gasteiger partial charge in [-0.05, 0) is 118 Å². The maximum atomic E-state index is 11.6. The molecular formula is C53H46N12O5. The fourth-order valence-electron chi connectivity index (χ4n) is 7.41. The lowest BCUT2D eigenvalue weighted by atomic mass is 10.1. The van der Waals surface area contributed by atoms with Crippen molar-refractivity contribution in [2.45, 2.75) is 39.5 Å². The number of nitrogens with zero attached hydrogens (tertiary/aromatic N) is 12. The minimum absolute atomic E-state index is 0.0801. The van der Waals surface area contributed by atoms with Crippen molar-refractivity contribution in [3.05, 3.63) is 179 Å². The molecule has 17 heteroatoms. The molecule has 2 aromatic carbocycles. The summed E-state index contributed by atoms with van der Waals surface area (Å²) in [6, 6.07) is 26.7. The standard InChI is InChI=1S/C27H24N6O2.C26H22N6O3/c1-2-23(34)18-35-24-6-4-20-16-33(17-21(20)15-24)27-30-14-10-25(32-27)26-29-13-9-22(31-26)5-3-19-7-11-28-12-8-19;1-34-24(33)17-35-22-5-3-19-15-32(16-20(19)14-22)26-29-13-9-23(31-26)25-28-12-8-21(30-25)4-2-18-6-10-27-11-7-18/h3-15H,2,16-18H2,1H3;2-14H,15-17H2,1H3/b5-3+;4-2+. The van der Waals surface area contributed by atoms with Crippen molar-refractivity contribution in [3.8, 4) is 34.5 Å². The van der Waals surface area contributed by atoms with Crippen LogP contribution in [-0.2, 0) is 40.5 Å². The number of fused-ring (bicyclic) bond motifs is 2. The third-order valence-electron chi connectivity index (χ3n) is 11.1. The summed E-state index contributed by atoms with van der Waals surface area (Å²) in [5, 5.41) is 0. The zero-order valence-corrected chi connectivity index (χ0v) is 38.4. The number of hydrogen-bond acceptors (Lipinski definition) is 17. The average molecular weight is 931 g/mol. The molecule has 2 aliphatic heterocycles. The van der Waals surface area contributed by atoms with Crippen LogP contribution in [0.25, 0.3) is 47.3 Å². The smallest absolute Gasteiger partial charge is 0.343 e. The predicted octanol–water partition coefficient (Wildman–Crippen LogP) is 7.95. The molecule has 348 valence electrons. The second-order valence-electron chi connectivity index (χ2n) is 15.9. The highest BCUT2D eigenvalue weighted by Crippen LogP contribution is 2.31. The van der Waals surface area contributed by atoms with Gasteiger partial charge in [-0.25, -0.2) is 44.7 Å². The van der Waals surface area contributed by atoms with E-state index in [1.165, 1.54) is 12.7 Å². The van der Waals surface area contributed by atoms with E-state index in [-0.39, 0.29) is 19.0 Å². The second-order valence-corrected chi connectivity index (χ2v) is 15.9. The Bertz CT molecular complexity index is 2960. The van der Waals surface area contributed by atoms with Crippen LogP contribution in [0, 0.1) is 0 Å². The van der Waals surface area contributed by atoms with Gasteiger partial charge in [0.05, 0.1) is 18.5 Å². The summed E-state index contributed by atoms with van der Waals surface area (Å²) >= 11 is 0. The molecular weight excluding hydrogens is 885 g/mol. The first-order valence-electron chi connectivity index (χ1n) is 22.4. The van der Waals surface area contributed by atoms with E-state index in [0.29, 0.717) is 79.0 Å². The number of esters is 1. The highest BCUT2D eigenvalue weighted by atomic mass is 16.6. The fourth-order valence-corrected chi connectivity index (χ4v) is 7.41. The highest BCUT2D eigenvalue weighted by Gasteiger charge is 2.24. The molecule has 6 aromatic heterocycles. The number of ketones is 1. The maximum Gasteiger partial charge on any atom is 0.343 e. The molecule has 10 rings (SSSR count). The Kier molecular flexibility index (Phi) is 14.5. The number of carbonyl (C=O) groups excluding carboxylic acids is 2. The molecule has 0 unspecified atom stereocenters. The number of carbonyl (C=O) groups is 2. The van der Waals surface area contributed by atoms with Crippen molar-refractivity contribution < 1.29 is 23.8 Å². The molecule has 17 nitrogen and oxygen atoms in total. The molecule has 0 bridgehead atoms. The number of anilines is 2. The molecule has 0 N–H and O–H groups in total. The molecule has 8 heterocycles. The number of rotatable bonds is 15. The topological polar surface area (TPSA) is 197 Å². The van der Waals surface area contributed by atoms with Crippen molar-refractivity contribution in [2.75, 3.05) is 30.1 Å². The van der Waals surface area contributed by atoms with Crippen molar-refractivity contribution >= 4 is 48.0 Å². The number of methoxy groups -OCH3 is 1. The number of pyridine rings is 2. The number of benzene rings is 2. The summed E-state index contributed by atoms with van der Waals surface area (Å²) in [4.78, 5) is 71.7. The van der Waals surface area contributed by atoms with Crippen LogP contribution in [0.3, 0.4) is 0 Å². The van der Waals surface area contributed by atoms with Gasteiger partial charge in [0.2, 0.25) is 11.9 Å². The summed E-state index contributed by atoms with van der Waals surface area (Å²) in [6.45, 7) is 4.47. The van der Waals surface area contributed by atoms with Crippen LogP contribution in [0.1, 0.15) is 58.1 Å². The zero-order chi connectivity index (χ0) is 48.1. The minimum atomic E-state index is -0.420. The Labute approximate surface area is 403 Å². The van der Waals surface area contributed by atoms with E-state index in [1.807, 2.05) is 110 Å². The van der Waals surface area contributed by atoms with Crippen molar-refractivity contribution in [2.24, 2.45) is 0 Å². The van der Waals surface area contributed by atoms with E-state index in [0.717, 1.165) is 39.2 Å². The molecule has 0 atom stereocenters. The lowest BCUT2D eigenvalue weighted by Gasteiger charge is -2.15. The molecule has 0 saturated carbocycles. The van der Waals surface area contributed by atoms with E-state index < -0.39 is 5.97 Å². The monoisotopic (exact) mass is 930 g/mol.